The second-order valence-corrected chi connectivity index (χ2v) is 6.68. The Kier molecular flexibility index (Phi) is 8.10. The lowest BCUT2D eigenvalue weighted by Crippen LogP contribution is -2.49. The second kappa shape index (κ2) is 10.5. The monoisotopic (exact) mass is 392 g/mol. The molecule has 1 aromatic carbocycles. The lowest BCUT2D eigenvalue weighted by Gasteiger charge is -2.33. The second-order valence-electron chi connectivity index (χ2n) is 6.68. The summed E-state index contributed by atoms with van der Waals surface area (Å²) in [5, 5.41) is 11.8. The molecule has 1 unspecified atom stereocenters. The van der Waals surface area contributed by atoms with E-state index in [0.717, 1.165) is 19.3 Å². The minimum atomic E-state index is -1.09. The van der Waals surface area contributed by atoms with Crippen LogP contribution in [0.1, 0.15) is 49.9 Å². The fourth-order valence-corrected chi connectivity index (χ4v) is 3.16. The summed E-state index contributed by atoms with van der Waals surface area (Å²) in [6.45, 7) is 4.71. The number of likely N-dealkylation sites (tertiary alicyclic amines) is 1. The Hall–Kier alpha value is -2.77. The van der Waals surface area contributed by atoms with Crippen molar-refractivity contribution in [1.29, 1.82) is 0 Å². The van der Waals surface area contributed by atoms with Crippen LogP contribution in [-0.2, 0) is 9.59 Å². The van der Waals surface area contributed by atoms with Crippen LogP contribution in [0.4, 0.5) is 0 Å². The molecule has 2 N–H and O–H groups in total. The van der Waals surface area contributed by atoms with Crippen molar-refractivity contribution < 1.29 is 29.0 Å². The molecule has 1 saturated heterocycles. The summed E-state index contributed by atoms with van der Waals surface area (Å²) in [5.74, 6) is -0.615. The molecule has 1 heterocycles. The van der Waals surface area contributed by atoms with E-state index >= 15 is 0 Å². The first-order valence-corrected chi connectivity index (χ1v) is 9.64. The molecule has 1 fully saturated rings. The van der Waals surface area contributed by atoms with Crippen LogP contribution in [0.2, 0.25) is 0 Å². The largest absolute Gasteiger partial charge is 0.490 e. The van der Waals surface area contributed by atoms with Crippen molar-refractivity contribution in [2.75, 3.05) is 26.3 Å². The van der Waals surface area contributed by atoms with Crippen LogP contribution in [0.3, 0.4) is 0 Å². The molecule has 1 aliphatic rings. The molecule has 2 amide bonds. The van der Waals surface area contributed by atoms with Crippen LogP contribution in [0.5, 0.6) is 11.5 Å². The number of ether oxygens (including phenoxy) is 2. The van der Waals surface area contributed by atoms with Gasteiger partial charge in [0.05, 0.1) is 6.61 Å². The Bertz CT molecular complexity index is 706. The number of amides is 2. The van der Waals surface area contributed by atoms with Gasteiger partial charge < -0.3 is 24.8 Å². The summed E-state index contributed by atoms with van der Waals surface area (Å²) in [6.07, 6.45) is 2.95. The lowest BCUT2D eigenvalue weighted by atomic mass is 10.0. The van der Waals surface area contributed by atoms with Crippen molar-refractivity contribution in [3.8, 4) is 11.5 Å². The summed E-state index contributed by atoms with van der Waals surface area (Å²) < 4.78 is 10.7. The van der Waals surface area contributed by atoms with E-state index in [2.05, 4.69) is 5.32 Å². The van der Waals surface area contributed by atoms with Gasteiger partial charge in [-0.25, -0.2) is 4.79 Å². The third kappa shape index (κ3) is 6.14. The van der Waals surface area contributed by atoms with Crippen LogP contribution in [0, 0.1) is 0 Å². The molecule has 0 aliphatic carbocycles. The number of carboxylic acid groups (broad SMARTS) is 1. The molecule has 2 rings (SSSR count). The quantitative estimate of drug-likeness (QED) is 0.667. The summed E-state index contributed by atoms with van der Waals surface area (Å²) in [6, 6.07) is 4.68. The first-order chi connectivity index (χ1) is 13.4. The van der Waals surface area contributed by atoms with Gasteiger partial charge in [-0.1, -0.05) is 6.92 Å². The highest BCUT2D eigenvalue weighted by Crippen LogP contribution is 2.29. The number of carbonyl (C=O) groups excluding carboxylic acids is 2. The van der Waals surface area contributed by atoms with Gasteiger partial charge in [-0.05, 0) is 44.4 Å². The van der Waals surface area contributed by atoms with Crippen molar-refractivity contribution in [2.45, 2.75) is 45.6 Å². The first kappa shape index (κ1) is 21.5. The zero-order valence-corrected chi connectivity index (χ0v) is 16.4. The van der Waals surface area contributed by atoms with Crippen LogP contribution in [0.15, 0.2) is 18.2 Å². The summed E-state index contributed by atoms with van der Waals surface area (Å²) in [4.78, 5) is 37.2. The van der Waals surface area contributed by atoms with E-state index in [4.69, 9.17) is 14.6 Å². The Morgan fingerprint density at radius 3 is 2.68 bits per heavy atom. The molecular weight excluding hydrogens is 364 g/mol. The lowest BCUT2D eigenvalue weighted by molar-refractivity contribution is -0.139. The van der Waals surface area contributed by atoms with E-state index in [9.17, 15) is 14.4 Å². The fraction of sp³-hybridized carbons (Fsp3) is 0.550. The number of nitrogens with zero attached hydrogens (tertiary/aromatic N) is 1. The Morgan fingerprint density at radius 1 is 1.21 bits per heavy atom. The van der Waals surface area contributed by atoms with E-state index < -0.39 is 12.6 Å². The number of benzene rings is 1. The van der Waals surface area contributed by atoms with Crippen LogP contribution in [0.25, 0.3) is 0 Å². The van der Waals surface area contributed by atoms with E-state index in [1.54, 1.807) is 30.0 Å². The molecule has 0 bridgehead atoms. The van der Waals surface area contributed by atoms with Crippen LogP contribution in [-0.4, -0.2) is 60.1 Å². The van der Waals surface area contributed by atoms with E-state index in [1.165, 1.54) is 0 Å². The van der Waals surface area contributed by atoms with E-state index in [-0.39, 0.29) is 23.6 Å². The van der Waals surface area contributed by atoms with E-state index in [0.29, 0.717) is 37.4 Å². The number of piperidine rings is 1. The maximum atomic E-state index is 12.9. The Morgan fingerprint density at radius 2 is 2.00 bits per heavy atom. The SMILES string of the molecule is CCCC(=O)NC1CCCN(C(=O)c2ccc(OCC(=O)O)c(OCC)c2)C1. The van der Waals surface area contributed by atoms with Gasteiger partial charge in [-0.2, -0.15) is 0 Å². The fourth-order valence-electron chi connectivity index (χ4n) is 3.16. The maximum Gasteiger partial charge on any atom is 0.341 e. The summed E-state index contributed by atoms with van der Waals surface area (Å²) in [7, 11) is 0. The minimum absolute atomic E-state index is 0.0142. The molecule has 8 nitrogen and oxygen atoms in total. The van der Waals surface area contributed by atoms with Gasteiger partial charge in [-0.15, -0.1) is 0 Å². The van der Waals surface area contributed by atoms with Crippen molar-refractivity contribution in [3.63, 3.8) is 0 Å². The number of carboxylic acids is 1. The van der Waals surface area contributed by atoms with Crippen LogP contribution >= 0.6 is 0 Å². The highest BCUT2D eigenvalue weighted by molar-refractivity contribution is 5.95. The molecule has 8 heteroatoms. The predicted octanol–water partition coefficient (Wildman–Crippen LogP) is 2.07. The molecule has 154 valence electrons. The van der Waals surface area contributed by atoms with Crippen molar-refractivity contribution >= 4 is 17.8 Å². The van der Waals surface area contributed by atoms with Gasteiger partial charge in [0.1, 0.15) is 0 Å². The molecule has 1 aliphatic heterocycles. The van der Waals surface area contributed by atoms with E-state index in [1.807, 2.05) is 6.92 Å². The van der Waals surface area contributed by atoms with Crippen molar-refractivity contribution in [2.24, 2.45) is 0 Å². The third-order valence-electron chi connectivity index (χ3n) is 4.39. The molecular formula is C20H28N2O6. The number of carbonyl (C=O) groups is 3. The van der Waals surface area contributed by atoms with Crippen LogP contribution < -0.4 is 14.8 Å². The van der Waals surface area contributed by atoms with Gasteiger partial charge in [0.25, 0.3) is 5.91 Å². The predicted molar refractivity (Wildman–Crippen MR) is 103 cm³/mol. The maximum absolute atomic E-state index is 12.9. The smallest absolute Gasteiger partial charge is 0.341 e. The molecule has 28 heavy (non-hydrogen) atoms. The summed E-state index contributed by atoms with van der Waals surface area (Å²) >= 11 is 0. The molecule has 0 aromatic heterocycles. The zero-order chi connectivity index (χ0) is 20.5. The number of hydrogen-bond donors (Lipinski definition) is 2. The average molecular weight is 392 g/mol. The molecule has 0 radical (unpaired) electrons. The summed E-state index contributed by atoms with van der Waals surface area (Å²) in [5.41, 5.74) is 0.437. The molecule has 0 saturated carbocycles. The van der Waals surface area contributed by atoms with Gasteiger partial charge in [0.15, 0.2) is 18.1 Å². The number of nitrogens with one attached hydrogen (secondary N) is 1. The third-order valence-corrected chi connectivity index (χ3v) is 4.39. The topological polar surface area (TPSA) is 105 Å². The number of aliphatic carboxylic acids is 1. The minimum Gasteiger partial charge on any atom is -0.490 e. The van der Waals surface area contributed by atoms with Gasteiger partial charge in [0, 0.05) is 31.1 Å². The zero-order valence-electron chi connectivity index (χ0n) is 16.4. The average Bonchev–Trinajstić information content (AvgIpc) is 2.67. The van der Waals surface area contributed by atoms with Crippen molar-refractivity contribution in [3.05, 3.63) is 23.8 Å². The Balaban J connectivity index is 2.08. The standard InChI is InChI=1S/C20H28N2O6/c1-3-6-18(23)21-15-7-5-10-22(12-15)20(26)14-8-9-16(28-13-19(24)25)17(11-14)27-4-2/h8-9,11,15H,3-7,10,12-13H2,1-2H3,(H,21,23)(H,24,25). The molecule has 1 aromatic rings. The normalized spacial score (nSPS) is 16.4. The molecule has 1 atom stereocenters. The van der Waals surface area contributed by atoms with Gasteiger partial charge in [-0.3, -0.25) is 9.59 Å². The highest BCUT2D eigenvalue weighted by atomic mass is 16.5. The Labute approximate surface area is 164 Å². The van der Waals surface area contributed by atoms with Gasteiger partial charge in [0.2, 0.25) is 5.91 Å². The number of rotatable bonds is 9. The van der Waals surface area contributed by atoms with Crippen molar-refractivity contribution in [1.82, 2.24) is 10.2 Å². The number of hydrogen-bond acceptors (Lipinski definition) is 5. The highest BCUT2D eigenvalue weighted by Gasteiger charge is 2.26. The first-order valence-electron chi connectivity index (χ1n) is 9.64. The van der Waals surface area contributed by atoms with Gasteiger partial charge >= 0.3 is 5.97 Å². The molecule has 0 spiro atoms.